The molecule has 164 valence electrons. The molecule has 0 unspecified atom stereocenters. The van der Waals surface area contributed by atoms with Gasteiger partial charge < -0.3 is 19.1 Å². The molecule has 0 radical (unpaired) electrons. The maximum absolute atomic E-state index is 12.3. The van der Waals surface area contributed by atoms with E-state index in [1.165, 1.54) is 61.5 Å². The van der Waals surface area contributed by atoms with Crippen molar-refractivity contribution in [2.24, 2.45) is 0 Å². The lowest BCUT2D eigenvalue weighted by atomic mass is 10.2. The zero-order valence-electron chi connectivity index (χ0n) is 17.3. The molecule has 2 rings (SSSR count). The monoisotopic (exact) mass is 431 g/mol. The molecular weight excluding hydrogens is 410 g/mol. The second-order valence-electron chi connectivity index (χ2n) is 6.51. The van der Waals surface area contributed by atoms with Crippen LogP contribution in [0.3, 0.4) is 0 Å². The van der Waals surface area contributed by atoms with Crippen LogP contribution in [0.25, 0.3) is 0 Å². The fourth-order valence-electron chi connectivity index (χ4n) is 2.11. The molecule has 10 heteroatoms. The average molecular weight is 431 g/mol. The highest BCUT2D eigenvalue weighted by atomic mass is 17.2. The van der Waals surface area contributed by atoms with Crippen LogP contribution in [-0.2, 0) is 14.5 Å². The predicted octanol–water partition coefficient (Wildman–Crippen LogP) is 3.60. The van der Waals surface area contributed by atoms with Gasteiger partial charge in [-0.3, -0.25) is 0 Å². The van der Waals surface area contributed by atoms with Gasteiger partial charge in [-0.15, -0.1) is 0 Å². The number of benzene rings is 2. The number of hydrogen-bond acceptors (Lipinski definition) is 9. The molecule has 2 aromatic rings. The van der Waals surface area contributed by atoms with Gasteiger partial charge in [0, 0.05) is 14.1 Å². The van der Waals surface area contributed by atoms with Gasteiger partial charge in [-0.2, -0.15) is 0 Å². The highest BCUT2D eigenvalue weighted by Crippen LogP contribution is 2.22. The molecule has 0 atom stereocenters. The first kappa shape index (κ1) is 23.2. The van der Waals surface area contributed by atoms with Gasteiger partial charge in [-0.25, -0.2) is 29.0 Å². The summed E-state index contributed by atoms with van der Waals surface area (Å²) < 4.78 is 14.9. The van der Waals surface area contributed by atoms with Gasteiger partial charge in [-0.1, -0.05) is 24.3 Å². The summed E-state index contributed by atoms with van der Waals surface area (Å²) in [5, 5.41) is 0. The summed E-state index contributed by atoms with van der Waals surface area (Å²) in [5.41, 5.74) is -0.320. The largest absolute Gasteiger partial charge is 0.514 e. The van der Waals surface area contributed by atoms with Crippen LogP contribution >= 0.6 is 0 Å². The Bertz CT molecular complexity index is 969. The molecule has 0 fully saturated rings. The van der Waals surface area contributed by atoms with E-state index >= 15 is 0 Å². The second-order valence-corrected chi connectivity index (χ2v) is 6.51. The van der Waals surface area contributed by atoms with Crippen molar-refractivity contribution in [1.29, 1.82) is 0 Å². The maximum atomic E-state index is 12.3. The molecule has 0 saturated carbocycles. The zero-order chi connectivity index (χ0) is 23.0. The van der Waals surface area contributed by atoms with Crippen molar-refractivity contribution in [3.63, 3.8) is 0 Å². The quantitative estimate of drug-likeness (QED) is 0.303. The van der Waals surface area contributed by atoms with E-state index in [-0.39, 0.29) is 22.6 Å². The number of para-hydroxylation sites is 2. The van der Waals surface area contributed by atoms with Crippen molar-refractivity contribution in [2.45, 2.75) is 20.0 Å². The molecule has 0 bridgehead atoms. The van der Waals surface area contributed by atoms with Crippen molar-refractivity contribution in [3.05, 3.63) is 59.7 Å². The molecule has 0 aliphatic rings. The SMILES string of the molecule is CC(C)OC(=O)Oc1ccccc1C(=O)OOC(=O)c1ccccc1OC(=O)N(C)C. The van der Waals surface area contributed by atoms with Crippen molar-refractivity contribution in [1.82, 2.24) is 4.90 Å². The van der Waals surface area contributed by atoms with Crippen LogP contribution in [0, 0.1) is 0 Å². The Kier molecular flexibility index (Phi) is 7.95. The van der Waals surface area contributed by atoms with Crippen molar-refractivity contribution in [2.75, 3.05) is 14.1 Å². The third-order valence-electron chi connectivity index (χ3n) is 3.49. The molecule has 2 aromatic carbocycles. The first-order valence-electron chi connectivity index (χ1n) is 9.08. The van der Waals surface area contributed by atoms with Gasteiger partial charge >= 0.3 is 24.2 Å². The summed E-state index contributed by atoms with van der Waals surface area (Å²) in [6, 6.07) is 11.4. The van der Waals surface area contributed by atoms with E-state index in [0.29, 0.717) is 0 Å². The van der Waals surface area contributed by atoms with Crippen molar-refractivity contribution < 1.29 is 43.2 Å². The summed E-state index contributed by atoms with van der Waals surface area (Å²) in [5.74, 6) is -2.39. The minimum Gasteiger partial charge on any atom is -0.431 e. The number of nitrogens with zero attached hydrogens (tertiary/aromatic N) is 1. The standard InChI is InChI=1S/C21H21NO9/c1-13(2)27-21(26)29-17-12-8-6-10-15(17)19(24)31-30-18(23)14-9-5-7-11-16(14)28-20(25)22(3)4/h5-13H,1-4H3. The Balaban J connectivity index is 2.08. The minimum atomic E-state index is -1.09. The number of amides is 1. The summed E-state index contributed by atoms with van der Waals surface area (Å²) in [4.78, 5) is 58.4. The second kappa shape index (κ2) is 10.6. The molecule has 0 aromatic heterocycles. The molecule has 0 N–H and O–H groups in total. The van der Waals surface area contributed by atoms with Crippen LogP contribution in [0.2, 0.25) is 0 Å². The topological polar surface area (TPSA) is 118 Å². The first-order chi connectivity index (χ1) is 14.7. The Morgan fingerprint density at radius 2 is 1.19 bits per heavy atom. The Morgan fingerprint density at radius 3 is 1.65 bits per heavy atom. The predicted molar refractivity (Wildman–Crippen MR) is 106 cm³/mol. The maximum Gasteiger partial charge on any atom is 0.514 e. The minimum absolute atomic E-state index is 0.0811. The third-order valence-corrected chi connectivity index (χ3v) is 3.49. The number of carbonyl (C=O) groups excluding carboxylic acids is 4. The number of hydrogen-bond donors (Lipinski definition) is 0. The molecule has 31 heavy (non-hydrogen) atoms. The highest BCUT2D eigenvalue weighted by molar-refractivity contribution is 5.96. The summed E-state index contributed by atoms with van der Waals surface area (Å²) in [6.45, 7) is 3.27. The zero-order valence-corrected chi connectivity index (χ0v) is 17.3. The summed E-state index contributed by atoms with van der Waals surface area (Å²) in [7, 11) is 2.95. The van der Waals surface area contributed by atoms with Gasteiger partial charge in [0.2, 0.25) is 0 Å². The molecule has 0 saturated heterocycles. The lowest BCUT2D eigenvalue weighted by molar-refractivity contribution is -0.187. The van der Waals surface area contributed by atoms with Crippen molar-refractivity contribution >= 4 is 24.2 Å². The van der Waals surface area contributed by atoms with Gasteiger partial charge in [-0.05, 0) is 38.1 Å². The summed E-state index contributed by atoms with van der Waals surface area (Å²) >= 11 is 0. The van der Waals surface area contributed by atoms with Crippen molar-refractivity contribution in [3.8, 4) is 11.5 Å². The molecule has 0 aliphatic carbocycles. The molecule has 10 nitrogen and oxygen atoms in total. The number of ether oxygens (including phenoxy) is 3. The number of carbonyl (C=O) groups is 4. The Labute approximate surface area is 178 Å². The van der Waals surface area contributed by atoms with Gasteiger partial charge in [0.1, 0.15) is 22.6 Å². The van der Waals surface area contributed by atoms with Gasteiger partial charge in [0.25, 0.3) is 0 Å². The van der Waals surface area contributed by atoms with E-state index in [4.69, 9.17) is 14.2 Å². The van der Waals surface area contributed by atoms with Crippen LogP contribution < -0.4 is 9.47 Å². The molecule has 0 heterocycles. The fraction of sp³-hybridized carbons (Fsp3) is 0.238. The van der Waals surface area contributed by atoms with Crippen LogP contribution in [0.15, 0.2) is 48.5 Å². The normalized spacial score (nSPS) is 10.1. The smallest absolute Gasteiger partial charge is 0.431 e. The van der Waals surface area contributed by atoms with E-state index < -0.39 is 30.3 Å². The first-order valence-corrected chi connectivity index (χ1v) is 9.08. The lowest BCUT2D eigenvalue weighted by Gasteiger charge is -2.13. The van der Waals surface area contributed by atoms with Crippen LogP contribution in [-0.4, -0.2) is 49.3 Å². The van der Waals surface area contributed by atoms with E-state index in [9.17, 15) is 19.2 Å². The molecular formula is C21H21NO9. The van der Waals surface area contributed by atoms with E-state index in [1.54, 1.807) is 19.9 Å². The van der Waals surface area contributed by atoms with Crippen LogP contribution in [0.4, 0.5) is 9.59 Å². The Morgan fingerprint density at radius 1 is 0.742 bits per heavy atom. The van der Waals surface area contributed by atoms with E-state index in [1.807, 2.05) is 0 Å². The summed E-state index contributed by atoms with van der Waals surface area (Å²) in [6.07, 6.45) is -2.14. The average Bonchev–Trinajstić information content (AvgIpc) is 2.71. The molecule has 0 aliphatic heterocycles. The van der Waals surface area contributed by atoms with E-state index in [2.05, 4.69) is 9.78 Å². The van der Waals surface area contributed by atoms with Crippen LogP contribution in [0.1, 0.15) is 34.6 Å². The number of rotatable bonds is 5. The Hall–Kier alpha value is -4.08. The highest BCUT2D eigenvalue weighted by Gasteiger charge is 2.23. The lowest BCUT2D eigenvalue weighted by Crippen LogP contribution is -2.26. The van der Waals surface area contributed by atoms with Gasteiger partial charge in [0.15, 0.2) is 0 Å². The van der Waals surface area contributed by atoms with Gasteiger partial charge in [0.05, 0.1) is 6.10 Å². The fourth-order valence-corrected chi connectivity index (χ4v) is 2.11. The molecule has 1 amide bonds. The van der Waals surface area contributed by atoms with Crippen LogP contribution in [0.5, 0.6) is 11.5 Å². The molecule has 0 spiro atoms. The van der Waals surface area contributed by atoms with E-state index in [0.717, 1.165) is 0 Å². The third kappa shape index (κ3) is 6.74.